The fourth-order valence-electron chi connectivity index (χ4n) is 4.18. The summed E-state index contributed by atoms with van der Waals surface area (Å²) in [4.78, 5) is 15.0. The summed E-state index contributed by atoms with van der Waals surface area (Å²) in [5.41, 5.74) is 2.94. The maximum atomic E-state index is 12.3. The highest BCUT2D eigenvalue weighted by atomic mass is 32.2. The third-order valence-electron chi connectivity index (χ3n) is 5.69. The number of thioether (sulfide) groups is 1. The number of benzene rings is 1. The number of likely N-dealkylation sites (tertiary alicyclic amines) is 1. The van der Waals surface area contributed by atoms with E-state index in [1.807, 2.05) is 11.8 Å². The molecule has 1 saturated carbocycles. The van der Waals surface area contributed by atoms with Gasteiger partial charge in [-0.25, -0.2) is 0 Å². The van der Waals surface area contributed by atoms with E-state index in [-0.39, 0.29) is 5.91 Å². The molecule has 1 aromatic carbocycles. The standard InChI is InChI=1S/C20H28N2OS/c23-20(21-16-10-12-22(13-11-16)17-8-9-17)14-24-19-7-3-5-15-4-1-2-6-18(15)19/h1-2,4,6,16-17,19H,3,5,7-14H2,(H,21,23). The third-order valence-corrected chi connectivity index (χ3v) is 7.01. The number of carbonyl (C=O) groups excluding carboxylic acids is 1. The van der Waals surface area contributed by atoms with E-state index in [2.05, 4.69) is 34.5 Å². The predicted molar refractivity (Wildman–Crippen MR) is 100 cm³/mol. The molecular weight excluding hydrogens is 316 g/mol. The van der Waals surface area contributed by atoms with Crippen molar-refractivity contribution in [2.24, 2.45) is 0 Å². The SMILES string of the molecule is O=C(CSC1CCCc2ccccc21)NC1CCN(C2CC2)CC1. The summed E-state index contributed by atoms with van der Waals surface area (Å²) in [6, 6.07) is 10.0. The summed E-state index contributed by atoms with van der Waals surface area (Å²) in [7, 11) is 0. The molecule has 0 radical (unpaired) electrons. The van der Waals surface area contributed by atoms with Gasteiger partial charge >= 0.3 is 0 Å². The minimum absolute atomic E-state index is 0.230. The van der Waals surface area contributed by atoms with Crippen LogP contribution in [0.4, 0.5) is 0 Å². The second-order valence-corrected chi connectivity index (χ2v) is 8.69. The molecule has 1 unspecified atom stereocenters. The number of aryl methyl sites for hydroxylation is 1. The maximum absolute atomic E-state index is 12.3. The molecular formula is C20H28N2OS. The smallest absolute Gasteiger partial charge is 0.230 e. The third kappa shape index (κ3) is 3.97. The van der Waals surface area contributed by atoms with Crippen molar-refractivity contribution in [1.29, 1.82) is 0 Å². The van der Waals surface area contributed by atoms with Crippen molar-refractivity contribution in [2.75, 3.05) is 18.8 Å². The minimum Gasteiger partial charge on any atom is -0.353 e. The highest BCUT2D eigenvalue weighted by molar-refractivity contribution is 8.00. The molecule has 4 rings (SSSR count). The van der Waals surface area contributed by atoms with Crippen molar-refractivity contribution in [2.45, 2.75) is 62.3 Å². The molecule has 1 aromatic rings. The lowest BCUT2D eigenvalue weighted by Gasteiger charge is -2.32. The molecule has 2 aliphatic carbocycles. The van der Waals surface area contributed by atoms with Gasteiger partial charge < -0.3 is 10.2 Å². The minimum atomic E-state index is 0.230. The number of hydrogen-bond acceptors (Lipinski definition) is 3. The van der Waals surface area contributed by atoms with Gasteiger partial charge in [0.05, 0.1) is 5.75 Å². The Morgan fingerprint density at radius 1 is 1.12 bits per heavy atom. The first kappa shape index (κ1) is 16.5. The van der Waals surface area contributed by atoms with Crippen molar-refractivity contribution in [3.8, 4) is 0 Å². The van der Waals surface area contributed by atoms with Crippen LogP contribution in [-0.4, -0.2) is 41.7 Å². The van der Waals surface area contributed by atoms with E-state index >= 15 is 0 Å². The van der Waals surface area contributed by atoms with Crippen LogP contribution in [0, 0.1) is 0 Å². The van der Waals surface area contributed by atoms with E-state index in [1.54, 1.807) is 0 Å². The van der Waals surface area contributed by atoms with Gasteiger partial charge in [-0.3, -0.25) is 4.79 Å². The lowest BCUT2D eigenvalue weighted by atomic mass is 9.91. The molecule has 1 atom stereocenters. The first-order valence-electron chi connectivity index (χ1n) is 9.52. The average molecular weight is 345 g/mol. The molecule has 0 bridgehead atoms. The number of piperidine rings is 1. The Bertz CT molecular complexity index is 579. The molecule has 1 aliphatic heterocycles. The molecule has 24 heavy (non-hydrogen) atoms. The first-order chi connectivity index (χ1) is 11.8. The summed E-state index contributed by atoms with van der Waals surface area (Å²) in [6.45, 7) is 2.33. The normalized spacial score (nSPS) is 25.2. The summed E-state index contributed by atoms with van der Waals surface area (Å²) >= 11 is 1.83. The van der Waals surface area contributed by atoms with Gasteiger partial charge in [-0.2, -0.15) is 0 Å². The van der Waals surface area contributed by atoms with Crippen LogP contribution in [-0.2, 0) is 11.2 Å². The Kier molecular flexibility index (Phi) is 5.14. The van der Waals surface area contributed by atoms with Crippen molar-refractivity contribution in [3.63, 3.8) is 0 Å². The molecule has 3 nitrogen and oxygen atoms in total. The predicted octanol–water partition coefficient (Wildman–Crippen LogP) is 3.54. The highest BCUT2D eigenvalue weighted by Gasteiger charge is 2.32. The molecule has 4 heteroatoms. The van der Waals surface area contributed by atoms with Crippen LogP contribution in [0.1, 0.15) is 54.9 Å². The van der Waals surface area contributed by atoms with Gasteiger partial charge in [0, 0.05) is 30.4 Å². The van der Waals surface area contributed by atoms with Crippen molar-refractivity contribution in [1.82, 2.24) is 10.2 Å². The average Bonchev–Trinajstić information content (AvgIpc) is 3.46. The molecule has 0 aromatic heterocycles. The molecule has 1 heterocycles. The number of carbonyl (C=O) groups is 1. The number of nitrogens with zero attached hydrogens (tertiary/aromatic N) is 1. The van der Waals surface area contributed by atoms with E-state index < -0.39 is 0 Å². The van der Waals surface area contributed by atoms with Crippen LogP contribution in [0.15, 0.2) is 24.3 Å². The molecule has 1 N–H and O–H groups in total. The van der Waals surface area contributed by atoms with E-state index in [9.17, 15) is 4.79 Å². The molecule has 2 fully saturated rings. The van der Waals surface area contributed by atoms with Gasteiger partial charge in [-0.15, -0.1) is 11.8 Å². The van der Waals surface area contributed by atoms with Crippen LogP contribution in [0.5, 0.6) is 0 Å². The fraction of sp³-hybridized carbons (Fsp3) is 0.650. The van der Waals surface area contributed by atoms with Gasteiger partial charge in [0.15, 0.2) is 0 Å². The lowest BCUT2D eigenvalue weighted by molar-refractivity contribution is -0.119. The molecule has 130 valence electrons. The zero-order valence-electron chi connectivity index (χ0n) is 14.4. The largest absolute Gasteiger partial charge is 0.353 e. The number of hydrogen-bond donors (Lipinski definition) is 1. The monoisotopic (exact) mass is 344 g/mol. The number of amides is 1. The second-order valence-electron chi connectivity index (χ2n) is 7.50. The fourth-order valence-corrected chi connectivity index (χ4v) is 5.36. The Morgan fingerprint density at radius 3 is 2.71 bits per heavy atom. The van der Waals surface area contributed by atoms with Crippen LogP contribution < -0.4 is 5.32 Å². The first-order valence-corrected chi connectivity index (χ1v) is 10.6. The molecule has 0 spiro atoms. The number of rotatable bonds is 5. The quantitative estimate of drug-likeness (QED) is 0.887. The van der Waals surface area contributed by atoms with E-state index in [0.717, 1.165) is 18.9 Å². The van der Waals surface area contributed by atoms with Gasteiger partial charge in [0.2, 0.25) is 5.91 Å². The number of nitrogens with one attached hydrogen (secondary N) is 1. The van der Waals surface area contributed by atoms with Crippen LogP contribution >= 0.6 is 11.8 Å². The Hall–Kier alpha value is -1.00. The van der Waals surface area contributed by atoms with E-state index in [0.29, 0.717) is 17.0 Å². The zero-order chi connectivity index (χ0) is 16.4. The molecule has 1 saturated heterocycles. The lowest BCUT2D eigenvalue weighted by Crippen LogP contribution is -2.45. The maximum Gasteiger partial charge on any atom is 0.230 e. The topological polar surface area (TPSA) is 32.3 Å². The Morgan fingerprint density at radius 2 is 1.92 bits per heavy atom. The Labute approximate surface area is 149 Å². The summed E-state index contributed by atoms with van der Waals surface area (Å²) in [5.74, 6) is 0.829. The van der Waals surface area contributed by atoms with Crippen LogP contribution in [0.3, 0.4) is 0 Å². The Balaban J connectivity index is 1.23. The van der Waals surface area contributed by atoms with Crippen molar-refractivity contribution >= 4 is 17.7 Å². The molecule has 1 amide bonds. The van der Waals surface area contributed by atoms with Crippen molar-refractivity contribution < 1.29 is 4.79 Å². The number of fused-ring (bicyclic) bond motifs is 1. The van der Waals surface area contributed by atoms with Gasteiger partial charge in [-0.1, -0.05) is 24.3 Å². The van der Waals surface area contributed by atoms with Crippen LogP contribution in [0.2, 0.25) is 0 Å². The van der Waals surface area contributed by atoms with Crippen LogP contribution in [0.25, 0.3) is 0 Å². The van der Waals surface area contributed by atoms with Gasteiger partial charge in [0.1, 0.15) is 0 Å². The summed E-state index contributed by atoms with van der Waals surface area (Å²) in [5, 5.41) is 3.77. The molecule has 3 aliphatic rings. The van der Waals surface area contributed by atoms with Crippen molar-refractivity contribution in [3.05, 3.63) is 35.4 Å². The summed E-state index contributed by atoms with van der Waals surface area (Å²) < 4.78 is 0. The van der Waals surface area contributed by atoms with Gasteiger partial charge in [0.25, 0.3) is 0 Å². The summed E-state index contributed by atoms with van der Waals surface area (Å²) in [6.07, 6.45) is 8.66. The zero-order valence-corrected chi connectivity index (χ0v) is 15.2. The van der Waals surface area contributed by atoms with E-state index in [1.165, 1.54) is 56.3 Å². The second kappa shape index (κ2) is 7.49. The highest BCUT2D eigenvalue weighted by Crippen LogP contribution is 2.39. The van der Waals surface area contributed by atoms with E-state index in [4.69, 9.17) is 0 Å². The van der Waals surface area contributed by atoms with Gasteiger partial charge in [-0.05, 0) is 56.1 Å².